The van der Waals surface area contributed by atoms with Crippen molar-refractivity contribution in [3.05, 3.63) is 65.0 Å². The van der Waals surface area contributed by atoms with Crippen molar-refractivity contribution in [2.45, 2.75) is 26.9 Å². The molecular weight excluding hydrogens is 414 g/mol. The molecule has 1 N–H and O–H groups in total. The maximum absolute atomic E-state index is 12.9. The van der Waals surface area contributed by atoms with Gasteiger partial charge >= 0.3 is 5.97 Å². The first-order valence-electron chi connectivity index (χ1n) is 9.94. The van der Waals surface area contributed by atoms with E-state index in [1.54, 1.807) is 38.1 Å². The Kier molecular flexibility index (Phi) is 7.31. The number of methoxy groups -OCH3 is 1. The van der Waals surface area contributed by atoms with Crippen LogP contribution >= 0.6 is 11.3 Å². The molecule has 6 nitrogen and oxygen atoms in total. The minimum absolute atomic E-state index is 0.293. The minimum atomic E-state index is -0.490. The van der Waals surface area contributed by atoms with Gasteiger partial charge in [0.15, 0.2) is 0 Å². The summed E-state index contributed by atoms with van der Waals surface area (Å²) in [6.07, 6.45) is -0.293. The number of hydrogen-bond donors (Lipinski definition) is 1. The largest absolute Gasteiger partial charge is 0.496 e. The lowest BCUT2D eigenvalue weighted by Gasteiger charge is -2.13. The van der Waals surface area contributed by atoms with E-state index in [4.69, 9.17) is 14.2 Å². The van der Waals surface area contributed by atoms with Crippen molar-refractivity contribution in [3.63, 3.8) is 0 Å². The quantitative estimate of drug-likeness (QED) is 0.460. The summed E-state index contributed by atoms with van der Waals surface area (Å²) >= 11 is 1.27. The van der Waals surface area contributed by atoms with Gasteiger partial charge in [-0.15, -0.1) is 11.3 Å². The summed E-state index contributed by atoms with van der Waals surface area (Å²) in [5, 5.41) is 5.11. The molecule has 7 heteroatoms. The third-order valence-corrected chi connectivity index (χ3v) is 5.29. The summed E-state index contributed by atoms with van der Waals surface area (Å²) in [5.41, 5.74) is 2.22. The predicted octanol–water partition coefficient (Wildman–Crippen LogP) is 5.64. The van der Waals surface area contributed by atoms with Gasteiger partial charge < -0.3 is 19.5 Å². The Labute approximate surface area is 185 Å². The molecule has 0 aliphatic carbocycles. The summed E-state index contributed by atoms with van der Waals surface area (Å²) in [4.78, 5) is 25.8. The van der Waals surface area contributed by atoms with Crippen LogP contribution in [0.2, 0.25) is 0 Å². The number of para-hydroxylation sites is 1. The molecular formula is C24H25NO5S. The van der Waals surface area contributed by atoms with Gasteiger partial charge in [0.1, 0.15) is 22.1 Å². The monoisotopic (exact) mass is 439 g/mol. The van der Waals surface area contributed by atoms with Crippen molar-refractivity contribution < 1.29 is 23.8 Å². The van der Waals surface area contributed by atoms with Crippen LogP contribution in [0, 0.1) is 0 Å². The molecule has 3 rings (SSSR count). The first-order chi connectivity index (χ1) is 14.9. The van der Waals surface area contributed by atoms with Gasteiger partial charge in [-0.3, -0.25) is 4.79 Å². The average Bonchev–Trinajstić information content (AvgIpc) is 3.17. The Morgan fingerprint density at radius 1 is 1.06 bits per heavy atom. The molecule has 0 radical (unpaired) electrons. The van der Waals surface area contributed by atoms with E-state index >= 15 is 0 Å². The molecule has 1 heterocycles. The van der Waals surface area contributed by atoms with Gasteiger partial charge in [0.2, 0.25) is 0 Å². The molecule has 31 heavy (non-hydrogen) atoms. The minimum Gasteiger partial charge on any atom is -0.496 e. The van der Waals surface area contributed by atoms with Crippen molar-refractivity contribution in [2.75, 3.05) is 19.0 Å². The van der Waals surface area contributed by atoms with Gasteiger partial charge in [0.05, 0.1) is 25.4 Å². The third kappa shape index (κ3) is 5.24. The van der Waals surface area contributed by atoms with Crippen LogP contribution in [0.1, 0.15) is 41.5 Å². The van der Waals surface area contributed by atoms with Gasteiger partial charge in [0, 0.05) is 10.9 Å². The SMILES string of the molecule is CCOc1ccc(-c2csc(NC(=O)c3ccccc3OC)c2C(=O)OC(C)C)cc1. The predicted molar refractivity (Wildman–Crippen MR) is 122 cm³/mol. The molecule has 0 aliphatic rings. The maximum Gasteiger partial charge on any atom is 0.342 e. The standard InChI is InChI=1S/C24H25NO5S/c1-5-29-17-12-10-16(11-13-17)19-14-31-23(21(19)24(27)30-15(2)3)25-22(26)18-8-6-7-9-20(18)28-4/h6-15H,5H2,1-4H3,(H,25,26). The molecule has 0 fully saturated rings. The average molecular weight is 440 g/mol. The van der Waals surface area contributed by atoms with Crippen molar-refractivity contribution >= 4 is 28.2 Å². The highest BCUT2D eigenvalue weighted by atomic mass is 32.1. The Morgan fingerprint density at radius 3 is 2.42 bits per heavy atom. The Hall–Kier alpha value is -3.32. The topological polar surface area (TPSA) is 73.9 Å². The Balaban J connectivity index is 1.98. The molecule has 0 bridgehead atoms. The summed E-state index contributed by atoms with van der Waals surface area (Å²) < 4.78 is 16.2. The second kappa shape index (κ2) is 10.1. The fourth-order valence-corrected chi connectivity index (χ4v) is 3.99. The van der Waals surface area contributed by atoms with Crippen LogP contribution in [-0.4, -0.2) is 31.7 Å². The number of thiophene rings is 1. The molecule has 162 valence electrons. The zero-order chi connectivity index (χ0) is 22.4. The molecule has 0 aliphatic heterocycles. The number of benzene rings is 2. The number of hydrogen-bond acceptors (Lipinski definition) is 6. The van der Waals surface area contributed by atoms with Crippen molar-refractivity contribution in [1.82, 2.24) is 0 Å². The highest BCUT2D eigenvalue weighted by Crippen LogP contribution is 2.37. The number of amides is 1. The van der Waals surface area contributed by atoms with Crippen LogP contribution in [0.3, 0.4) is 0 Å². The smallest absolute Gasteiger partial charge is 0.342 e. The highest BCUT2D eigenvalue weighted by molar-refractivity contribution is 7.15. The van der Waals surface area contributed by atoms with Crippen molar-refractivity contribution in [2.24, 2.45) is 0 Å². The van der Waals surface area contributed by atoms with Gasteiger partial charge in [-0.25, -0.2) is 4.79 Å². The van der Waals surface area contributed by atoms with Gasteiger partial charge in [0.25, 0.3) is 5.91 Å². The molecule has 0 saturated carbocycles. The number of esters is 1. The molecule has 2 aromatic carbocycles. The maximum atomic E-state index is 12.9. The number of nitrogens with one attached hydrogen (secondary N) is 1. The highest BCUT2D eigenvalue weighted by Gasteiger charge is 2.24. The van der Waals surface area contributed by atoms with E-state index in [2.05, 4.69) is 5.32 Å². The van der Waals surface area contributed by atoms with Crippen molar-refractivity contribution in [1.29, 1.82) is 0 Å². The van der Waals surface area contributed by atoms with Crippen LogP contribution in [-0.2, 0) is 4.74 Å². The lowest BCUT2D eigenvalue weighted by Crippen LogP contribution is -2.17. The fraction of sp³-hybridized carbons (Fsp3) is 0.250. The first-order valence-corrected chi connectivity index (χ1v) is 10.8. The summed E-state index contributed by atoms with van der Waals surface area (Å²) in [7, 11) is 1.51. The second-order valence-electron chi connectivity index (χ2n) is 6.92. The third-order valence-electron chi connectivity index (χ3n) is 4.39. The fourth-order valence-electron chi connectivity index (χ4n) is 3.04. The van der Waals surface area contributed by atoms with Crippen LogP contribution in [0.25, 0.3) is 11.1 Å². The Morgan fingerprint density at radius 2 is 1.77 bits per heavy atom. The van der Waals surface area contributed by atoms with Crippen LogP contribution < -0.4 is 14.8 Å². The van der Waals surface area contributed by atoms with E-state index in [0.29, 0.717) is 34.0 Å². The van der Waals surface area contributed by atoms with Gasteiger partial charge in [-0.2, -0.15) is 0 Å². The second-order valence-corrected chi connectivity index (χ2v) is 7.80. The number of ether oxygens (including phenoxy) is 3. The van der Waals surface area contributed by atoms with E-state index in [1.807, 2.05) is 36.6 Å². The van der Waals surface area contributed by atoms with Gasteiger partial charge in [-0.05, 0) is 50.6 Å². The number of rotatable bonds is 8. The van der Waals surface area contributed by atoms with Crippen molar-refractivity contribution in [3.8, 4) is 22.6 Å². The van der Waals surface area contributed by atoms with E-state index in [9.17, 15) is 9.59 Å². The zero-order valence-electron chi connectivity index (χ0n) is 17.9. The van der Waals surface area contributed by atoms with E-state index < -0.39 is 5.97 Å². The summed E-state index contributed by atoms with van der Waals surface area (Å²) in [6, 6.07) is 14.4. The van der Waals surface area contributed by atoms with E-state index in [0.717, 1.165) is 11.3 Å². The summed E-state index contributed by atoms with van der Waals surface area (Å²) in [6.45, 7) is 6.06. The zero-order valence-corrected chi connectivity index (χ0v) is 18.7. The summed E-state index contributed by atoms with van der Waals surface area (Å²) in [5.74, 6) is 0.346. The van der Waals surface area contributed by atoms with Gasteiger partial charge in [-0.1, -0.05) is 24.3 Å². The number of anilines is 1. The molecule has 3 aromatic rings. The Bertz CT molecular complexity index is 1060. The van der Waals surface area contributed by atoms with E-state index in [1.165, 1.54) is 18.4 Å². The molecule has 1 aromatic heterocycles. The molecule has 0 saturated heterocycles. The first kappa shape index (κ1) is 22.4. The number of carbonyl (C=O) groups is 2. The molecule has 1 amide bonds. The lowest BCUT2D eigenvalue weighted by molar-refractivity contribution is 0.0380. The van der Waals surface area contributed by atoms with Crippen LogP contribution in [0.15, 0.2) is 53.9 Å². The number of carbonyl (C=O) groups excluding carboxylic acids is 2. The molecule has 0 unspecified atom stereocenters. The molecule has 0 spiro atoms. The van der Waals surface area contributed by atoms with E-state index in [-0.39, 0.29) is 12.0 Å². The molecule has 0 atom stereocenters. The lowest BCUT2D eigenvalue weighted by atomic mass is 10.0. The normalized spacial score (nSPS) is 10.6. The van der Waals surface area contributed by atoms with Crippen LogP contribution in [0.4, 0.5) is 5.00 Å². The van der Waals surface area contributed by atoms with Crippen LogP contribution in [0.5, 0.6) is 11.5 Å².